The van der Waals surface area contributed by atoms with Crippen LogP contribution in [0.1, 0.15) is 29.3 Å². The van der Waals surface area contributed by atoms with Crippen molar-refractivity contribution in [2.75, 3.05) is 17.2 Å². The summed E-state index contributed by atoms with van der Waals surface area (Å²) in [5.41, 5.74) is 1.71. The van der Waals surface area contributed by atoms with E-state index in [2.05, 4.69) is 15.9 Å². The maximum atomic E-state index is 13.0. The SMILES string of the molecule is CC(=O)SCC1CC(=O)N(c2ccc(Br)cc2C(=O)c2ccccc2)C1. The minimum absolute atomic E-state index is 0.0106. The molecule has 3 rings (SSSR count). The van der Waals surface area contributed by atoms with Crippen molar-refractivity contribution in [1.29, 1.82) is 0 Å². The van der Waals surface area contributed by atoms with Crippen molar-refractivity contribution >= 4 is 50.2 Å². The highest BCUT2D eigenvalue weighted by atomic mass is 79.9. The normalized spacial score (nSPS) is 16.8. The number of rotatable bonds is 5. The quantitative estimate of drug-likeness (QED) is 0.661. The molecular weight excluding hydrogens is 414 g/mol. The number of thioether (sulfide) groups is 1. The first kappa shape index (κ1) is 18.9. The Kier molecular flexibility index (Phi) is 5.94. The molecule has 1 amide bonds. The van der Waals surface area contributed by atoms with E-state index >= 15 is 0 Å². The Morgan fingerprint density at radius 2 is 1.92 bits per heavy atom. The number of anilines is 1. The van der Waals surface area contributed by atoms with E-state index in [9.17, 15) is 14.4 Å². The van der Waals surface area contributed by atoms with Gasteiger partial charge in [-0.05, 0) is 24.1 Å². The summed E-state index contributed by atoms with van der Waals surface area (Å²) in [5, 5.41) is 0.0551. The Bertz CT molecular complexity index is 853. The molecule has 2 aromatic rings. The Balaban J connectivity index is 1.90. The largest absolute Gasteiger partial charge is 0.311 e. The molecule has 0 N–H and O–H groups in total. The second-order valence-corrected chi connectivity index (χ2v) is 8.35. The molecule has 1 saturated heterocycles. The van der Waals surface area contributed by atoms with Gasteiger partial charge in [-0.25, -0.2) is 0 Å². The fourth-order valence-electron chi connectivity index (χ4n) is 3.03. The molecule has 1 unspecified atom stereocenters. The number of amides is 1. The predicted molar refractivity (Wildman–Crippen MR) is 108 cm³/mol. The highest BCUT2D eigenvalue weighted by Crippen LogP contribution is 2.32. The Labute approximate surface area is 165 Å². The van der Waals surface area contributed by atoms with Crippen molar-refractivity contribution < 1.29 is 14.4 Å². The molecule has 1 aliphatic heterocycles. The van der Waals surface area contributed by atoms with Crippen LogP contribution in [0.2, 0.25) is 0 Å². The van der Waals surface area contributed by atoms with Crippen LogP contribution in [0.4, 0.5) is 5.69 Å². The van der Waals surface area contributed by atoms with E-state index in [4.69, 9.17) is 0 Å². The van der Waals surface area contributed by atoms with Gasteiger partial charge in [-0.3, -0.25) is 14.4 Å². The van der Waals surface area contributed by atoms with Gasteiger partial charge in [-0.15, -0.1) is 0 Å². The summed E-state index contributed by atoms with van der Waals surface area (Å²) in [5.74, 6) is 0.607. The van der Waals surface area contributed by atoms with Crippen LogP contribution in [0, 0.1) is 5.92 Å². The summed E-state index contributed by atoms with van der Waals surface area (Å²) in [4.78, 5) is 38.4. The minimum Gasteiger partial charge on any atom is -0.311 e. The maximum absolute atomic E-state index is 13.0. The molecule has 134 valence electrons. The van der Waals surface area contributed by atoms with Crippen LogP contribution in [0.25, 0.3) is 0 Å². The van der Waals surface area contributed by atoms with Gasteiger partial charge in [0.05, 0.1) is 5.69 Å². The number of halogens is 1. The fraction of sp³-hybridized carbons (Fsp3) is 0.250. The van der Waals surface area contributed by atoms with Crippen LogP contribution in [0.3, 0.4) is 0 Å². The van der Waals surface area contributed by atoms with Crippen molar-refractivity contribution in [3.05, 3.63) is 64.1 Å². The van der Waals surface area contributed by atoms with Crippen LogP contribution in [0.5, 0.6) is 0 Å². The number of nitrogens with zero attached hydrogens (tertiary/aromatic N) is 1. The van der Waals surface area contributed by atoms with E-state index in [1.807, 2.05) is 24.3 Å². The van der Waals surface area contributed by atoms with Crippen molar-refractivity contribution in [3.63, 3.8) is 0 Å². The molecule has 2 aromatic carbocycles. The average Bonchev–Trinajstić information content (AvgIpc) is 3.00. The molecule has 26 heavy (non-hydrogen) atoms. The predicted octanol–water partition coefficient (Wildman–Crippen LogP) is 4.31. The first-order valence-electron chi connectivity index (χ1n) is 8.28. The number of hydrogen-bond donors (Lipinski definition) is 0. The first-order chi connectivity index (χ1) is 12.5. The summed E-state index contributed by atoms with van der Waals surface area (Å²) in [6.07, 6.45) is 0.398. The number of carbonyl (C=O) groups is 3. The van der Waals surface area contributed by atoms with Gasteiger partial charge in [-0.2, -0.15) is 0 Å². The summed E-state index contributed by atoms with van der Waals surface area (Å²) >= 11 is 4.66. The van der Waals surface area contributed by atoms with Crippen LogP contribution in [-0.2, 0) is 9.59 Å². The fourth-order valence-corrected chi connectivity index (χ4v) is 4.09. The topological polar surface area (TPSA) is 54.5 Å². The standard InChI is InChI=1S/C20H18BrNO3S/c1-13(23)26-12-14-9-19(24)22(11-14)18-8-7-16(21)10-17(18)20(25)15-5-3-2-4-6-15/h2-8,10,14H,9,11-12H2,1H3. The van der Waals surface area contributed by atoms with E-state index in [1.54, 1.807) is 29.2 Å². The lowest BCUT2D eigenvalue weighted by Crippen LogP contribution is -2.27. The zero-order chi connectivity index (χ0) is 18.7. The summed E-state index contributed by atoms with van der Waals surface area (Å²) in [7, 11) is 0. The molecule has 0 aliphatic carbocycles. The smallest absolute Gasteiger partial charge is 0.227 e. The molecule has 1 heterocycles. The van der Waals surface area contributed by atoms with Crippen LogP contribution in [-0.4, -0.2) is 29.1 Å². The van der Waals surface area contributed by atoms with Gasteiger partial charge in [0.15, 0.2) is 10.9 Å². The molecule has 0 bridgehead atoms. The van der Waals surface area contributed by atoms with Gasteiger partial charge in [0.25, 0.3) is 0 Å². The average molecular weight is 432 g/mol. The van der Waals surface area contributed by atoms with E-state index in [0.29, 0.717) is 35.5 Å². The van der Waals surface area contributed by atoms with E-state index in [0.717, 1.165) is 4.47 Å². The molecule has 4 nitrogen and oxygen atoms in total. The molecule has 6 heteroatoms. The van der Waals surface area contributed by atoms with Crippen molar-refractivity contribution in [1.82, 2.24) is 0 Å². The number of benzene rings is 2. The number of carbonyl (C=O) groups excluding carboxylic acids is 3. The number of ketones is 1. The molecule has 1 fully saturated rings. The molecule has 1 aliphatic rings. The van der Waals surface area contributed by atoms with Gasteiger partial charge in [0.2, 0.25) is 5.91 Å². The Morgan fingerprint density at radius 3 is 2.62 bits per heavy atom. The summed E-state index contributed by atoms with van der Waals surface area (Å²) in [6, 6.07) is 14.4. The monoisotopic (exact) mass is 431 g/mol. The summed E-state index contributed by atoms with van der Waals surface area (Å²) < 4.78 is 0.788. The third kappa shape index (κ3) is 4.24. The maximum Gasteiger partial charge on any atom is 0.227 e. The second-order valence-electron chi connectivity index (χ2n) is 6.23. The van der Waals surface area contributed by atoms with Crippen LogP contribution >= 0.6 is 27.7 Å². The van der Waals surface area contributed by atoms with Crippen molar-refractivity contribution in [2.45, 2.75) is 13.3 Å². The zero-order valence-corrected chi connectivity index (χ0v) is 16.7. The van der Waals surface area contributed by atoms with E-state index in [1.165, 1.54) is 18.7 Å². The van der Waals surface area contributed by atoms with Gasteiger partial charge in [-0.1, -0.05) is 58.0 Å². The molecule has 0 radical (unpaired) electrons. The third-order valence-electron chi connectivity index (χ3n) is 4.26. The van der Waals surface area contributed by atoms with Crippen molar-refractivity contribution in [2.24, 2.45) is 5.92 Å². The lowest BCUT2D eigenvalue weighted by Gasteiger charge is -2.20. The lowest BCUT2D eigenvalue weighted by atomic mass is 10.0. The van der Waals surface area contributed by atoms with Crippen LogP contribution in [0.15, 0.2) is 53.0 Å². The van der Waals surface area contributed by atoms with Gasteiger partial charge >= 0.3 is 0 Å². The molecule has 0 aromatic heterocycles. The summed E-state index contributed by atoms with van der Waals surface area (Å²) in [6.45, 7) is 2.06. The van der Waals surface area contributed by atoms with E-state index < -0.39 is 0 Å². The molecule has 1 atom stereocenters. The minimum atomic E-state index is -0.115. The Morgan fingerprint density at radius 1 is 1.19 bits per heavy atom. The third-order valence-corrected chi connectivity index (χ3v) is 5.80. The second kappa shape index (κ2) is 8.18. The van der Waals surface area contributed by atoms with Gasteiger partial charge in [0, 0.05) is 41.2 Å². The number of hydrogen-bond acceptors (Lipinski definition) is 4. The highest BCUT2D eigenvalue weighted by molar-refractivity contribution is 9.10. The van der Waals surface area contributed by atoms with Gasteiger partial charge in [0.1, 0.15) is 0 Å². The molecule has 0 saturated carbocycles. The molecular formula is C20H18BrNO3S. The highest BCUT2D eigenvalue weighted by Gasteiger charge is 2.33. The first-order valence-corrected chi connectivity index (χ1v) is 10.1. The lowest BCUT2D eigenvalue weighted by molar-refractivity contribution is -0.117. The van der Waals surface area contributed by atoms with Crippen LogP contribution < -0.4 is 4.90 Å². The van der Waals surface area contributed by atoms with Crippen molar-refractivity contribution in [3.8, 4) is 0 Å². The Hall–Kier alpha value is -1.92. The van der Waals surface area contributed by atoms with E-state index in [-0.39, 0.29) is 22.7 Å². The molecule has 0 spiro atoms. The van der Waals surface area contributed by atoms with Gasteiger partial charge < -0.3 is 4.90 Å². The zero-order valence-electron chi connectivity index (χ0n) is 14.3.